The molecule has 0 aromatic heterocycles. The Kier molecular flexibility index (Phi) is 4.82. The zero-order valence-electron chi connectivity index (χ0n) is 10.8. The molecule has 2 rings (SSSR count). The zero-order chi connectivity index (χ0) is 13.8. The summed E-state index contributed by atoms with van der Waals surface area (Å²) in [6.07, 6.45) is 1.83. The van der Waals surface area contributed by atoms with Gasteiger partial charge in [0.2, 0.25) is 0 Å². The lowest BCUT2D eigenvalue weighted by atomic mass is 9.90. The van der Waals surface area contributed by atoms with Gasteiger partial charge in [0.1, 0.15) is 0 Å². The summed E-state index contributed by atoms with van der Waals surface area (Å²) in [6, 6.07) is 8.18. The zero-order valence-corrected chi connectivity index (χ0v) is 12.3. The second-order valence-corrected chi connectivity index (χ2v) is 6.00. The van der Waals surface area contributed by atoms with Gasteiger partial charge in [0.05, 0.1) is 5.69 Å². The van der Waals surface area contributed by atoms with Crippen LogP contribution in [0.5, 0.6) is 0 Å². The van der Waals surface area contributed by atoms with Crippen LogP contribution in [0.3, 0.4) is 0 Å². The number of piperidine rings is 1. The molecule has 1 heterocycles. The molecule has 2 unspecified atom stereocenters. The predicted molar refractivity (Wildman–Crippen MR) is 79.3 cm³/mol. The van der Waals surface area contributed by atoms with Crippen molar-refractivity contribution in [2.24, 2.45) is 11.7 Å². The van der Waals surface area contributed by atoms with E-state index in [1.54, 1.807) is 0 Å². The van der Waals surface area contributed by atoms with Crippen LogP contribution in [-0.2, 0) is 4.79 Å². The summed E-state index contributed by atoms with van der Waals surface area (Å²) >= 11 is 3.56. The highest BCUT2D eigenvalue weighted by atomic mass is 79.9. The Hall–Kier alpha value is -1.07. The number of hydrogen-bond acceptors (Lipinski definition) is 3. The third-order valence-electron chi connectivity index (χ3n) is 3.53. The van der Waals surface area contributed by atoms with Crippen molar-refractivity contribution < 1.29 is 9.90 Å². The number of aliphatic carboxylic acids is 1. The smallest absolute Gasteiger partial charge is 0.303 e. The molecule has 4 nitrogen and oxygen atoms in total. The average Bonchev–Trinajstić information content (AvgIpc) is 2.36. The van der Waals surface area contributed by atoms with Crippen molar-refractivity contribution >= 4 is 27.6 Å². The fourth-order valence-electron chi connectivity index (χ4n) is 2.69. The monoisotopic (exact) mass is 326 g/mol. The molecule has 1 aromatic carbocycles. The van der Waals surface area contributed by atoms with Crippen LogP contribution in [0.1, 0.15) is 19.3 Å². The number of rotatable bonds is 4. The van der Waals surface area contributed by atoms with Gasteiger partial charge in [0, 0.05) is 30.0 Å². The van der Waals surface area contributed by atoms with E-state index in [0.717, 1.165) is 29.7 Å². The van der Waals surface area contributed by atoms with Gasteiger partial charge < -0.3 is 15.7 Å². The molecule has 1 fully saturated rings. The van der Waals surface area contributed by atoms with E-state index in [4.69, 9.17) is 10.8 Å². The molecule has 104 valence electrons. The topological polar surface area (TPSA) is 66.6 Å². The summed E-state index contributed by atoms with van der Waals surface area (Å²) in [4.78, 5) is 12.9. The quantitative estimate of drug-likeness (QED) is 0.892. The van der Waals surface area contributed by atoms with Crippen LogP contribution in [0.15, 0.2) is 28.7 Å². The highest BCUT2D eigenvalue weighted by molar-refractivity contribution is 9.10. The van der Waals surface area contributed by atoms with Crippen molar-refractivity contribution in [3.63, 3.8) is 0 Å². The van der Waals surface area contributed by atoms with Crippen molar-refractivity contribution in [1.82, 2.24) is 0 Å². The molecule has 0 bridgehead atoms. The standard InChI is InChI=1S/C14H19BrN2O2/c15-12-3-1-2-4-13(12)17-8-10(5-6-14(18)19)7-11(16)9-17/h1-4,10-11H,5-9,16H2,(H,18,19). The molecule has 5 heteroatoms. The molecule has 0 aliphatic carbocycles. The number of anilines is 1. The fraction of sp³-hybridized carbons (Fsp3) is 0.500. The number of benzene rings is 1. The van der Waals surface area contributed by atoms with Gasteiger partial charge in [-0.25, -0.2) is 0 Å². The molecule has 1 aliphatic rings. The van der Waals surface area contributed by atoms with Crippen LogP contribution in [0, 0.1) is 5.92 Å². The van der Waals surface area contributed by atoms with Crippen molar-refractivity contribution in [2.45, 2.75) is 25.3 Å². The minimum absolute atomic E-state index is 0.111. The molecule has 3 N–H and O–H groups in total. The number of nitrogens with two attached hydrogens (primary N) is 1. The van der Waals surface area contributed by atoms with Crippen LogP contribution < -0.4 is 10.6 Å². The van der Waals surface area contributed by atoms with E-state index in [-0.39, 0.29) is 12.5 Å². The first-order chi connectivity index (χ1) is 9.06. The summed E-state index contributed by atoms with van der Waals surface area (Å²) in [5.74, 6) is -0.376. The van der Waals surface area contributed by atoms with Crippen LogP contribution in [0.2, 0.25) is 0 Å². The molecular weight excluding hydrogens is 308 g/mol. The average molecular weight is 327 g/mol. The van der Waals surface area contributed by atoms with E-state index in [0.29, 0.717) is 12.3 Å². The summed E-state index contributed by atoms with van der Waals surface area (Å²) in [7, 11) is 0. The SMILES string of the molecule is NC1CC(CCC(=O)O)CN(c2ccccc2Br)C1. The van der Waals surface area contributed by atoms with E-state index in [1.165, 1.54) is 0 Å². The largest absolute Gasteiger partial charge is 0.481 e. The second-order valence-electron chi connectivity index (χ2n) is 5.15. The van der Waals surface area contributed by atoms with Crippen molar-refractivity contribution in [3.05, 3.63) is 28.7 Å². The number of carboxylic acids is 1. The van der Waals surface area contributed by atoms with Crippen molar-refractivity contribution in [2.75, 3.05) is 18.0 Å². The van der Waals surface area contributed by atoms with Crippen LogP contribution in [0.4, 0.5) is 5.69 Å². The molecule has 1 aromatic rings. The first-order valence-corrected chi connectivity index (χ1v) is 7.32. The Labute approximate surface area is 121 Å². The molecule has 0 radical (unpaired) electrons. The summed E-state index contributed by atoms with van der Waals surface area (Å²) in [6.45, 7) is 1.70. The second kappa shape index (κ2) is 6.39. The molecular formula is C14H19BrN2O2. The van der Waals surface area contributed by atoms with Crippen LogP contribution in [0.25, 0.3) is 0 Å². The first kappa shape index (κ1) is 14.3. The third-order valence-corrected chi connectivity index (χ3v) is 4.20. The van der Waals surface area contributed by atoms with E-state index < -0.39 is 5.97 Å². The molecule has 0 amide bonds. The van der Waals surface area contributed by atoms with Gasteiger partial charge in [-0.3, -0.25) is 4.79 Å². The molecule has 0 saturated carbocycles. The molecule has 0 spiro atoms. The maximum absolute atomic E-state index is 10.7. The first-order valence-electron chi connectivity index (χ1n) is 6.53. The Bertz CT molecular complexity index is 453. The highest BCUT2D eigenvalue weighted by Gasteiger charge is 2.26. The lowest BCUT2D eigenvalue weighted by molar-refractivity contribution is -0.137. The van der Waals surface area contributed by atoms with E-state index in [2.05, 4.69) is 26.9 Å². The van der Waals surface area contributed by atoms with E-state index >= 15 is 0 Å². The maximum Gasteiger partial charge on any atom is 0.303 e. The lowest BCUT2D eigenvalue weighted by Crippen LogP contribution is -2.47. The Balaban J connectivity index is 2.05. The van der Waals surface area contributed by atoms with Gasteiger partial charge in [-0.15, -0.1) is 0 Å². The number of halogens is 1. The van der Waals surface area contributed by atoms with Crippen LogP contribution >= 0.6 is 15.9 Å². The maximum atomic E-state index is 10.7. The molecule has 19 heavy (non-hydrogen) atoms. The van der Waals surface area contributed by atoms with E-state index in [1.807, 2.05) is 18.2 Å². The Morgan fingerprint density at radius 1 is 1.42 bits per heavy atom. The number of carbonyl (C=O) groups is 1. The van der Waals surface area contributed by atoms with Gasteiger partial charge in [-0.05, 0) is 46.8 Å². The van der Waals surface area contributed by atoms with Crippen molar-refractivity contribution in [3.8, 4) is 0 Å². The van der Waals surface area contributed by atoms with Crippen LogP contribution in [-0.4, -0.2) is 30.2 Å². The lowest BCUT2D eigenvalue weighted by Gasteiger charge is -2.38. The molecule has 1 saturated heterocycles. The highest BCUT2D eigenvalue weighted by Crippen LogP contribution is 2.30. The molecule has 1 aliphatic heterocycles. The normalized spacial score (nSPS) is 23.4. The summed E-state index contributed by atoms with van der Waals surface area (Å²) < 4.78 is 1.06. The van der Waals surface area contributed by atoms with Gasteiger partial charge in [-0.1, -0.05) is 12.1 Å². The van der Waals surface area contributed by atoms with Crippen molar-refractivity contribution in [1.29, 1.82) is 0 Å². The minimum Gasteiger partial charge on any atom is -0.481 e. The van der Waals surface area contributed by atoms with E-state index in [9.17, 15) is 4.79 Å². The van der Waals surface area contributed by atoms with Gasteiger partial charge >= 0.3 is 5.97 Å². The Morgan fingerprint density at radius 2 is 2.16 bits per heavy atom. The Morgan fingerprint density at radius 3 is 2.84 bits per heavy atom. The minimum atomic E-state index is -0.730. The fourth-order valence-corrected chi connectivity index (χ4v) is 3.22. The number of nitrogens with zero attached hydrogens (tertiary/aromatic N) is 1. The van der Waals surface area contributed by atoms with Gasteiger partial charge in [0.15, 0.2) is 0 Å². The molecule has 2 atom stereocenters. The third kappa shape index (κ3) is 3.94. The number of para-hydroxylation sites is 1. The van der Waals surface area contributed by atoms with Gasteiger partial charge in [0.25, 0.3) is 0 Å². The summed E-state index contributed by atoms with van der Waals surface area (Å²) in [5.41, 5.74) is 7.24. The number of carboxylic acid groups (broad SMARTS) is 1. The summed E-state index contributed by atoms with van der Waals surface area (Å²) in [5, 5.41) is 8.78. The number of hydrogen-bond donors (Lipinski definition) is 2. The van der Waals surface area contributed by atoms with Gasteiger partial charge in [-0.2, -0.15) is 0 Å². The predicted octanol–water partition coefficient (Wildman–Crippen LogP) is 2.47.